The van der Waals surface area contributed by atoms with Gasteiger partial charge in [-0.05, 0) is 17.5 Å². The number of carbonyl (C=O) groups excluding carboxylic acids is 1. The van der Waals surface area contributed by atoms with Gasteiger partial charge in [0.2, 0.25) is 0 Å². The first-order valence-corrected chi connectivity index (χ1v) is 7.45. The van der Waals surface area contributed by atoms with Gasteiger partial charge in [-0.25, -0.2) is 4.98 Å². The Bertz CT molecular complexity index is 720. The lowest BCUT2D eigenvalue weighted by atomic mass is 10.3. The highest BCUT2D eigenvalue weighted by Gasteiger charge is 2.11. The van der Waals surface area contributed by atoms with Crippen molar-refractivity contribution in [3.8, 4) is 10.6 Å². The summed E-state index contributed by atoms with van der Waals surface area (Å²) in [5.41, 5.74) is 2.34. The van der Waals surface area contributed by atoms with Crippen LogP contribution in [0.15, 0.2) is 29.1 Å². The number of hydrogen-bond donors (Lipinski definition) is 0. The highest BCUT2D eigenvalue weighted by molar-refractivity contribution is 7.17. The van der Waals surface area contributed by atoms with Crippen molar-refractivity contribution in [2.75, 3.05) is 5.88 Å². The third kappa shape index (κ3) is 2.05. The Labute approximate surface area is 116 Å². The third-order valence-electron chi connectivity index (χ3n) is 2.46. The van der Waals surface area contributed by atoms with Gasteiger partial charge in [0, 0.05) is 17.1 Å². The number of fused-ring (bicyclic) bond motifs is 1. The molecule has 0 aliphatic heterocycles. The van der Waals surface area contributed by atoms with Crippen LogP contribution in [0.25, 0.3) is 20.8 Å². The number of Topliss-reactive ketones (excluding diaryl/α,β-unsaturated/α-hetero) is 1. The van der Waals surface area contributed by atoms with Crippen molar-refractivity contribution in [2.24, 2.45) is 0 Å². The summed E-state index contributed by atoms with van der Waals surface area (Å²) in [6.07, 6.45) is 1.78. The van der Waals surface area contributed by atoms with Gasteiger partial charge >= 0.3 is 0 Å². The molecule has 0 bridgehead atoms. The first-order valence-electron chi connectivity index (χ1n) is 5.16. The molecule has 0 saturated carbocycles. The fourth-order valence-electron chi connectivity index (χ4n) is 1.57. The van der Waals surface area contributed by atoms with E-state index in [0.29, 0.717) is 5.69 Å². The fraction of sp³-hybridized carbons (Fsp3) is 0.0833. The molecule has 0 radical (unpaired) electrons. The molecule has 0 atom stereocenters. The van der Waals surface area contributed by atoms with Crippen molar-refractivity contribution in [1.82, 2.24) is 9.97 Å². The second-order valence-electron chi connectivity index (χ2n) is 3.62. The van der Waals surface area contributed by atoms with E-state index in [1.807, 2.05) is 17.5 Å². The summed E-state index contributed by atoms with van der Waals surface area (Å²) in [5, 5.41) is 4.54. The van der Waals surface area contributed by atoms with Crippen molar-refractivity contribution in [2.45, 2.75) is 0 Å². The molecule has 6 heteroatoms. The SMILES string of the molecule is O=C(CCl)c1csc(-c2cnc3ccsc3c2)n1. The number of carbonyl (C=O) groups is 1. The highest BCUT2D eigenvalue weighted by atomic mass is 35.5. The van der Waals surface area contributed by atoms with E-state index in [2.05, 4.69) is 9.97 Å². The molecule has 0 aliphatic carbocycles. The number of ketones is 1. The first-order chi connectivity index (χ1) is 8.78. The second-order valence-corrected chi connectivity index (χ2v) is 5.70. The predicted octanol–water partition coefficient (Wildman–Crippen LogP) is 3.84. The Hall–Kier alpha value is -1.30. The lowest BCUT2D eigenvalue weighted by molar-refractivity contribution is 0.101. The van der Waals surface area contributed by atoms with Crippen LogP contribution < -0.4 is 0 Å². The van der Waals surface area contributed by atoms with Crippen molar-refractivity contribution in [1.29, 1.82) is 0 Å². The van der Waals surface area contributed by atoms with Crippen LogP contribution in [0.1, 0.15) is 10.5 Å². The maximum absolute atomic E-state index is 11.4. The van der Waals surface area contributed by atoms with Crippen LogP contribution in [0.4, 0.5) is 0 Å². The summed E-state index contributed by atoms with van der Waals surface area (Å²) in [5.74, 6) is -0.185. The van der Waals surface area contributed by atoms with Crippen LogP contribution in [-0.4, -0.2) is 21.6 Å². The van der Waals surface area contributed by atoms with Gasteiger partial charge in [0.15, 0.2) is 5.78 Å². The summed E-state index contributed by atoms with van der Waals surface area (Å²) in [7, 11) is 0. The molecule has 3 aromatic heterocycles. The molecule has 0 unspecified atom stereocenters. The molecule has 3 nitrogen and oxygen atoms in total. The number of hydrogen-bond acceptors (Lipinski definition) is 5. The zero-order valence-corrected chi connectivity index (χ0v) is 11.5. The van der Waals surface area contributed by atoms with Crippen LogP contribution in [0.5, 0.6) is 0 Å². The lowest BCUT2D eigenvalue weighted by Gasteiger charge is -1.95. The molecule has 0 saturated heterocycles. The van der Waals surface area contributed by atoms with Crippen LogP contribution >= 0.6 is 34.3 Å². The number of thiazole rings is 1. The predicted molar refractivity (Wildman–Crippen MR) is 75.8 cm³/mol. The van der Waals surface area contributed by atoms with Gasteiger partial charge < -0.3 is 0 Å². The Morgan fingerprint density at radius 1 is 1.39 bits per heavy atom. The van der Waals surface area contributed by atoms with Crippen molar-refractivity contribution >= 4 is 50.3 Å². The topological polar surface area (TPSA) is 42.9 Å². The smallest absolute Gasteiger partial charge is 0.196 e. The van der Waals surface area contributed by atoms with E-state index in [1.54, 1.807) is 22.9 Å². The molecule has 0 fully saturated rings. The van der Waals surface area contributed by atoms with Crippen LogP contribution in [-0.2, 0) is 0 Å². The first kappa shape index (κ1) is 11.8. The number of halogens is 1. The van der Waals surface area contributed by atoms with Gasteiger partial charge in [0.1, 0.15) is 10.7 Å². The van der Waals surface area contributed by atoms with Gasteiger partial charge in [-0.3, -0.25) is 9.78 Å². The summed E-state index contributed by atoms with van der Waals surface area (Å²) in [6.45, 7) is 0. The van der Waals surface area contributed by atoms with Crippen LogP contribution in [0.2, 0.25) is 0 Å². The molecule has 3 aromatic rings. The standard InChI is InChI=1S/C12H7ClN2OS2/c13-4-10(16)9-6-18-12(15-9)7-3-11-8(14-5-7)1-2-17-11/h1-3,5-6H,4H2. The largest absolute Gasteiger partial charge is 0.291 e. The normalized spacial score (nSPS) is 10.9. The van der Waals surface area contributed by atoms with Crippen LogP contribution in [0, 0.1) is 0 Å². The van der Waals surface area contributed by atoms with E-state index in [1.165, 1.54) is 11.3 Å². The Morgan fingerprint density at radius 3 is 3.11 bits per heavy atom. The van der Waals surface area contributed by atoms with E-state index in [9.17, 15) is 4.79 Å². The van der Waals surface area contributed by atoms with Crippen LogP contribution in [0.3, 0.4) is 0 Å². The third-order valence-corrected chi connectivity index (χ3v) is 4.45. The summed E-state index contributed by atoms with van der Waals surface area (Å²) >= 11 is 8.58. The average molecular weight is 295 g/mol. The monoisotopic (exact) mass is 294 g/mol. The molecule has 0 aromatic carbocycles. The zero-order chi connectivity index (χ0) is 12.5. The number of pyridine rings is 1. The van der Waals surface area contributed by atoms with Gasteiger partial charge in [-0.15, -0.1) is 34.3 Å². The maximum atomic E-state index is 11.4. The van der Waals surface area contributed by atoms with E-state index in [-0.39, 0.29) is 11.7 Å². The van der Waals surface area contributed by atoms with E-state index in [0.717, 1.165) is 20.8 Å². The Morgan fingerprint density at radius 2 is 2.28 bits per heavy atom. The minimum atomic E-state index is -0.149. The fourth-order valence-corrected chi connectivity index (χ4v) is 3.29. The molecular formula is C12H7ClN2OS2. The molecule has 0 aliphatic rings. The number of rotatable bonds is 3. The van der Waals surface area contributed by atoms with Crippen molar-refractivity contribution < 1.29 is 4.79 Å². The summed E-state index contributed by atoms with van der Waals surface area (Å²) in [4.78, 5) is 20.1. The van der Waals surface area contributed by atoms with Gasteiger partial charge in [-0.2, -0.15) is 0 Å². The van der Waals surface area contributed by atoms with Gasteiger partial charge in [0.25, 0.3) is 0 Å². The molecule has 18 heavy (non-hydrogen) atoms. The lowest BCUT2D eigenvalue weighted by Crippen LogP contribution is -2.00. The molecule has 0 amide bonds. The average Bonchev–Trinajstić information content (AvgIpc) is 3.05. The van der Waals surface area contributed by atoms with Crippen molar-refractivity contribution in [3.63, 3.8) is 0 Å². The van der Waals surface area contributed by atoms with E-state index >= 15 is 0 Å². The van der Waals surface area contributed by atoms with Crippen molar-refractivity contribution in [3.05, 3.63) is 34.8 Å². The van der Waals surface area contributed by atoms with E-state index in [4.69, 9.17) is 11.6 Å². The molecule has 3 heterocycles. The number of aromatic nitrogens is 2. The highest BCUT2D eigenvalue weighted by Crippen LogP contribution is 2.28. The molecule has 0 spiro atoms. The number of thiophene rings is 1. The quantitative estimate of drug-likeness (QED) is 0.544. The summed E-state index contributed by atoms with van der Waals surface area (Å²) in [6, 6.07) is 4.02. The molecule has 0 N–H and O–H groups in total. The minimum Gasteiger partial charge on any atom is -0.291 e. The number of alkyl halides is 1. The van der Waals surface area contributed by atoms with E-state index < -0.39 is 0 Å². The molecular weight excluding hydrogens is 288 g/mol. The molecule has 90 valence electrons. The van der Waals surface area contributed by atoms with Gasteiger partial charge in [0.05, 0.1) is 16.1 Å². The second kappa shape index (κ2) is 4.76. The molecule has 3 rings (SSSR count). The Kier molecular flexibility index (Phi) is 3.11. The zero-order valence-electron chi connectivity index (χ0n) is 9.09. The maximum Gasteiger partial charge on any atom is 0.196 e. The minimum absolute atomic E-state index is 0.0363. The Balaban J connectivity index is 2.03. The number of nitrogens with zero attached hydrogens (tertiary/aromatic N) is 2. The summed E-state index contributed by atoms with van der Waals surface area (Å²) < 4.78 is 1.12. The van der Waals surface area contributed by atoms with Gasteiger partial charge in [-0.1, -0.05) is 0 Å².